The first-order chi connectivity index (χ1) is 18.3. The monoisotopic (exact) mass is 543 g/mol. The molecule has 0 bridgehead atoms. The molecule has 1 amide bonds. The Morgan fingerprint density at radius 2 is 1.74 bits per heavy atom. The smallest absolute Gasteiger partial charge is 0.404 e. The zero-order chi connectivity index (χ0) is 29.7. The van der Waals surface area contributed by atoms with Crippen LogP contribution in [0.4, 0.5) is 9.18 Å². The van der Waals surface area contributed by atoms with Crippen molar-refractivity contribution in [2.45, 2.75) is 86.0 Å². The van der Waals surface area contributed by atoms with Gasteiger partial charge in [-0.05, 0) is 56.2 Å². The van der Waals surface area contributed by atoms with Crippen molar-refractivity contribution in [3.8, 4) is 0 Å². The topological polar surface area (TPSA) is 92.8 Å². The van der Waals surface area contributed by atoms with Crippen LogP contribution in [0.5, 0.6) is 0 Å². The molecule has 5 nitrogen and oxygen atoms in total. The number of aryl methyl sites for hydroxylation is 2. The summed E-state index contributed by atoms with van der Waals surface area (Å²) >= 11 is 0. The Morgan fingerprint density at radius 1 is 1.08 bits per heavy atom. The van der Waals surface area contributed by atoms with E-state index >= 15 is 0 Å². The lowest BCUT2D eigenvalue weighted by Crippen LogP contribution is -2.41. The van der Waals surface area contributed by atoms with E-state index in [1.807, 2.05) is 65.8 Å². The summed E-state index contributed by atoms with van der Waals surface area (Å²) in [6.07, 6.45) is 10.9. The maximum atomic E-state index is 13.7. The van der Waals surface area contributed by atoms with E-state index in [9.17, 15) is 19.4 Å². The lowest BCUT2D eigenvalue weighted by molar-refractivity contribution is -0.0266. The Hall–Kier alpha value is -2.70. The molecule has 0 aliphatic carbocycles. The normalized spacial score (nSPS) is 18.8. The second-order valence-corrected chi connectivity index (χ2v) is 11.2. The van der Waals surface area contributed by atoms with Crippen molar-refractivity contribution in [1.29, 1.82) is 0 Å². The minimum Gasteiger partial charge on any atom is -0.445 e. The number of halogens is 1. The van der Waals surface area contributed by atoms with Crippen molar-refractivity contribution in [1.82, 2.24) is 0 Å². The van der Waals surface area contributed by atoms with Crippen LogP contribution < -0.4 is 5.73 Å². The van der Waals surface area contributed by atoms with Gasteiger partial charge in [0.15, 0.2) is 0 Å². The van der Waals surface area contributed by atoms with Crippen LogP contribution in [0, 0.1) is 42.3 Å². The molecule has 0 heterocycles. The van der Waals surface area contributed by atoms with Gasteiger partial charge in [-0.25, -0.2) is 9.18 Å². The molecule has 1 rings (SSSR count). The highest BCUT2D eigenvalue weighted by Gasteiger charge is 2.33. The van der Waals surface area contributed by atoms with Crippen LogP contribution in [0.25, 0.3) is 0 Å². The fraction of sp³-hybridized carbons (Fsp3) is 0.545. The maximum absolute atomic E-state index is 13.7. The van der Waals surface area contributed by atoms with Crippen LogP contribution in [0.3, 0.4) is 0 Å². The van der Waals surface area contributed by atoms with Gasteiger partial charge in [0.1, 0.15) is 11.9 Å². The molecule has 8 atom stereocenters. The van der Waals surface area contributed by atoms with Gasteiger partial charge in [-0.3, -0.25) is 0 Å². The third kappa shape index (κ3) is 11.9. The largest absolute Gasteiger partial charge is 0.445 e. The lowest BCUT2D eigenvalue weighted by Gasteiger charge is -2.33. The molecule has 1 aromatic rings. The van der Waals surface area contributed by atoms with Gasteiger partial charge in [-0.15, -0.1) is 0 Å². The van der Waals surface area contributed by atoms with Gasteiger partial charge in [-0.2, -0.15) is 0 Å². The van der Waals surface area contributed by atoms with Gasteiger partial charge in [0.2, 0.25) is 0 Å². The molecule has 0 aromatic heterocycles. The number of ether oxygens (including phenoxy) is 1. The number of hydrogen-bond acceptors (Lipinski definition) is 4. The Kier molecular flexibility index (Phi) is 15.0. The van der Waals surface area contributed by atoms with E-state index in [0.717, 1.165) is 24.0 Å². The molecular weight excluding hydrogens is 493 g/mol. The van der Waals surface area contributed by atoms with E-state index in [-0.39, 0.29) is 35.4 Å². The van der Waals surface area contributed by atoms with Crippen molar-refractivity contribution in [3.63, 3.8) is 0 Å². The number of amides is 1. The molecule has 0 fully saturated rings. The first-order valence-corrected chi connectivity index (χ1v) is 14.0. The van der Waals surface area contributed by atoms with Gasteiger partial charge in [0.05, 0.1) is 12.2 Å². The van der Waals surface area contributed by atoms with Crippen LogP contribution in [0.2, 0.25) is 0 Å². The highest BCUT2D eigenvalue weighted by molar-refractivity contribution is 5.64. The lowest BCUT2D eigenvalue weighted by atomic mass is 9.81. The van der Waals surface area contributed by atoms with E-state index in [4.69, 9.17) is 10.5 Å². The minimum absolute atomic E-state index is 0.0429. The van der Waals surface area contributed by atoms with Crippen LogP contribution in [-0.4, -0.2) is 34.6 Å². The van der Waals surface area contributed by atoms with Crippen molar-refractivity contribution in [3.05, 3.63) is 83.8 Å². The summed E-state index contributed by atoms with van der Waals surface area (Å²) in [7, 11) is 0. The van der Waals surface area contributed by atoms with Crippen molar-refractivity contribution in [2.24, 2.45) is 35.3 Å². The first kappa shape index (κ1) is 34.3. The van der Waals surface area contributed by atoms with E-state index in [1.54, 1.807) is 31.2 Å². The molecule has 0 saturated carbocycles. The molecule has 0 saturated heterocycles. The molecule has 218 valence electrons. The molecule has 0 unspecified atom stereocenters. The highest BCUT2D eigenvalue weighted by Crippen LogP contribution is 2.29. The molecule has 39 heavy (non-hydrogen) atoms. The second kappa shape index (κ2) is 17.1. The molecular formula is C33H50FNO4. The number of aliphatic hydroxyl groups is 2. The SMILES string of the molecule is C=C/C=C\[C@H](C)[C@H](OC(N)=O)[C@@H](C)[C@H](O)[C@@H](C)C/C(C)=C\[C@H](C)[C@@H](O)[C@@H](C)/C=C\CCc1ccc(C)c(F)c1. The fourth-order valence-electron chi connectivity index (χ4n) is 5.09. The average molecular weight is 544 g/mol. The predicted molar refractivity (Wildman–Crippen MR) is 159 cm³/mol. The number of nitrogens with two attached hydrogens (primary N) is 1. The number of allylic oxidation sites excluding steroid dienone is 4. The van der Waals surface area contributed by atoms with Crippen molar-refractivity contribution < 1.29 is 24.1 Å². The van der Waals surface area contributed by atoms with Gasteiger partial charge in [0, 0.05) is 23.7 Å². The molecule has 0 radical (unpaired) electrons. The van der Waals surface area contributed by atoms with Crippen molar-refractivity contribution in [2.75, 3.05) is 0 Å². The number of aliphatic hydroxyl groups excluding tert-OH is 2. The average Bonchev–Trinajstić information content (AvgIpc) is 2.88. The summed E-state index contributed by atoms with van der Waals surface area (Å²) < 4.78 is 19.1. The zero-order valence-electron chi connectivity index (χ0n) is 24.8. The number of primary amides is 1. The van der Waals surface area contributed by atoms with Gasteiger partial charge in [-0.1, -0.05) is 95.4 Å². The van der Waals surface area contributed by atoms with E-state index in [2.05, 4.69) is 12.7 Å². The standard InChI is InChI=1S/C33H50FNO4/c1-9-10-13-24(5)32(39-33(35)38)27(8)31(37)26(7)19-21(2)18-25(6)30(36)23(4)14-11-12-15-28-17-16-22(3)29(34)20-28/h9-11,13-14,16-18,20,23-27,30-32,36-37H,1,12,15,19H2,2-8H3,(H2,35,38)/b13-10-,14-11-,21-18-/t23-,24-,25-,26-,27-,30-,31+,32-/m0/s1. The highest BCUT2D eigenvalue weighted by atomic mass is 19.1. The number of hydrogen-bond donors (Lipinski definition) is 3. The van der Waals surface area contributed by atoms with Crippen LogP contribution in [0.15, 0.2) is 66.8 Å². The summed E-state index contributed by atoms with van der Waals surface area (Å²) in [6, 6.07) is 5.33. The van der Waals surface area contributed by atoms with Gasteiger partial charge < -0.3 is 20.7 Å². The maximum Gasteiger partial charge on any atom is 0.404 e. The third-order valence-corrected chi connectivity index (χ3v) is 7.51. The van der Waals surface area contributed by atoms with Gasteiger partial charge >= 0.3 is 6.09 Å². The van der Waals surface area contributed by atoms with Crippen LogP contribution in [0.1, 0.15) is 65.5 Å². The summed E-state index contributed by atoms with van der Waals surface area (Å²) in [5.41, 5.74) is 7.98. The number of carbonyl (C=O) groups excluding carboxylic acids is 1. The van der Waals surface area contributed by atoms with E-state index < -0.39 is 24.4 Å². The molecule has 0 aliphatic heterocycles. The number of benzene rings is 1. The predicted octanol–water partition coefficient (Wildman–Crippen LogP) is 7.07. The van der Waals surface area contributed by atoms with Gasteiger partial charge in [0.25, 0.3) is 0 Å². The Labute approximate surface area is 235 Å². The Balaban J connectivity index is 2.71. The molecule has 0 aliphatic rings. The molecule has 6 heteroatoms. The van der Waals surface area contributed by atoms with Crippen LogP contribution >= 0.6 is 0 Å². The number of rotatable bonds is 16. The zero-order valence-corrected chi connectivity index (χ0v) is 24.8. The molecule has 0 spiro atoms. The quantitative estimate of drug-likeness (QED) is 0.154. The Bertz CT molecular complexity index is 1000. The minimum atomic E-state index is -0.864. The van der Waals surface area contributed by atoms with E-state index in [0.29, 0.717) is 12.0 Å². The Morgan fingerprint density at radius 3 is 2.33 bits per heavy atom. The summed E-state index contributed by atoms with van der Waals surface area (Å²) in [4.78, 5) is 11.5. The molecule has 1 aromatic carbocycles. The fourth-order valence-corrected chi connectivity index (χ4v) is 5.09. The summed E-state index contributed by atoms with van der Waals surface area (Å²) in [5.74, 6) is -0.881. The second-order valence-electron chi connectivity index (χ2n) is 11.2. The van der Waals surface area contributed by atoms with Crippen molar-refractivity contribution >= 4 is 6.09 Å². The third-order valence-electron chi connectivity index (χ3n) is 7.51. The molecule has 4 N–H and O–H groups in total. The van der Waals surface area contributed by atoms with Crippen LogP contribution in [-0.2, 0) is 11.2 Å². The summed E-state index contributed by atoms with van der Waals surface area (Å²) in [6.45, 7) is 17.1. The van der Waals surface area contributed by atoms with E-state index in [1.165, 1.54) is 0 Å². The summed E-state index contributed by atoms with van der Waals surface area (Å²) in [5, 5.41) is 21.9. The first-order valence-electron chi connectivity index (χ1n) is 14.0. The number of carbonyl (C=O) groups is 1.